The molecule has 7 nitrogen and oxygen atoms in total. The monoisotopic (exact) mass is 341 g/mol. The van der Waals surface area contributed by atoms with Crippen molar-refractivity contribution >= 4 is 17.7 Å². The third-order valence-corrected chi connectivity index (χ3v) is 5.11. The summed E-state index contributed by atoms with van der Waals surface area (Å²) in [6.07, 6.45) is 7.01. The van der Waals surface area contributed by atoms with Crippen LogP contribution in [0.15, 0.2) is 5.16 Å². The molecule has 0 radical (unpaired) electrons. The largest absolute Gasteiger partial charge is 0.355 e. The van der Waals surface area contributed by atoms with Crippen molar-refractivity contribution < 1.29 is 9.69 Å². The summed E-state index contributed by atoms with van der Waals surface area (Å²) < 4.78 is 1.57. The maximum absolute atomic E-state index is 11.8. The number of quaternary nitrogens is 1. The number of hydrogen-bond acceptors (Lipinski definition) is 5. The number of nitrogen functional groups attached to an aromatic ring is 1. The van der Waals surface area contributed by atoms with E-state index >= 15 is 0 Å². The fourth-order valence-corrected chi connectivity index (χ4v) is 3.57. The number of nitrogens with two attached hydrogens (primary N) is 1. The fraction of sp³-hybridized carbons (Fsp3) is 0.800. The third kappa shape index (κ3) is 5.69. The molecule has 0 bridgehead atoms. The quantitative estimate of drug-likeness (QED) is 0.346. The van der Waals surface area contributed by atoms with Crippen LogP contribution in [0.3, 0.4) is 0 Å². The summed E-state index contributed by atoms with van der Waals surface area (Å²) in [5.74, 6) is 7.74. The second kappa shape index (κ2) is 9.12. The summed E-state index contributed by atoms with van der Waals surface area (Å²) in [6, 6.07) is 0. The standard InChI is InChI=1S/C15H28N6OS/c1-20(2)10-6-9-17-13(22)11-23-15-19-18-14(21(15)16)12-7-4-3-5-8-12/h12H,3-11,16H2,1-2H3,(H,17,22)/p+1. The zero-order valence-electron chi connectivity index (χ0n) is 14.2. The highest BCUT2D eigenvalue weighted by Gasteiger charge is 2.22. The van der Waals surface area contributed by atoms with Crippen LogP contribution in [0.2, 0.25) is 0 Å². The molecule has 1 saturated carbocycles. The average molecular weight is 342 g/mol. The SMILES string of the molecule is C[NH+](C)CCCNC(=O)CSc1nnc(C2CCCCC2)n1N. The lowest BCUT2D eigenvalue weighted by Gasteiger charge is -2.20. The highest BCUT2D eigenvalue weighted by atomic mass is 32.2. The van der Waals surface area contributed by atoms with Gasteiger partial charge < -0.3 is 16.1 Å². The molecule has 23 heavy (non-hydrogen) atoms. The second-order valence-corrected chi connectivity index (χ2v) is 7.44. The van der Waals surface area contributed by atoms with E-state index in [1.54, 1.807) is 4.68 Å². The lowest BCUT2D eigenvalue weighted by molar-refractivity contribution is -0.858. The normalized spacial score (nSPS) is 16.0. The average Bonchev–Trinajstić information content (AvgIpc) is 2.91. The van der Waals surface area contributed by atoms with Gasteiger partial charge in [0.2, 0.25) is 11.1 Å². The molecule has 1 amide bonds. The Kier molecular flexibility index (Phi) is 7.16. The van der Waals surface area contributed by atoms with E-state index in [2.05, 4.69) is 29.6 Å². The van der Waals surface area contributed by atoms with E-state index < -0.39 is 0 Å². The molecule has 1 heterocycles. The fourth-order valence-electron chi connectivity index (χ4n) is 2.88. The zero-order valence-corrected chi connectivity index (χ0v) is 15.0. The van der Waals surface area contributed by atoms with Crippen LogP contribution in [0.5, 0.6) is 0 Å². The van der Waals surface area contributed by atoms with E-state index in [0.717, 1.165) is 31.6 Å². The van der Waals surface area contributed by atoms with Crippen LogP contribution >= 0.6 is 11.8 Å². The maximum Gasteiger partial charge on any atom is 0.230 e. The Morgan fingerprint density at radius 1 is 1.35 bits per heavy atom. The Balaban J connectivity index is 1.75. The summed E-state index contributed by atoms with van der Waals surface area (Å²) in [7, 11) is 4.21. The van der Waals surface area contributed by atoms with Gasteiger partial charge in [-0.2, -0.15) is 0 Å². The molecular weight excluding hydrogens is 312 g/mol. The van der Waals surface area contributed by atoms with Gasteiger partial charge in [0, 0.05) is 18.9 Å². The Labute approximate surface area is 142 Å². The Morgan fingerprint density at radius 2 is 2.09 bits per heavy atom. The summed E-state index contributed by atoms with van der Waals surface area (Å²) >= 11 is 1.35. The van der Waals surface area contributed by atoms with Crippen molar-refractivity contribution in [3.05, 3.63) is 5.82 Å². The molecular formula is C15H29N6OS+. The number of nitrogens with zero attached hydrogens (tertiary/aromatic N) is 3. The number of carbonyl (C=O) groups excluding carboxylic acids is 1. The van der Waals surface area contributed by atoms with Gasteiger partial charge >= 0.3 is 0 Å². The van der Waals surface area contributed by atoms with Crippen molar-refractivity contribution in [2.45, 2.75) is 49.6 Å². The minimum atomic E-state index is 0.0194. The van der Waals surface area contributed by atoms with E-state index in [1.165, 1.54) is 35.9 Å². The van der Waals surface area contributed by atoms with Gasteiger partial charge in [-0.05, 0) is 12.8 Å². The van der Waals surface area contributed by atoms with Crippen LogP contribution in [-0.4, -0.2) is 53.7 Å². The zero-order chi connectivity index (χ0) is 16.7. The Bertz CT molecular complexity index is 498. The van der Waals surface area contributed by atoms with Gasteiger partial charge in [0.15, 0.2) is 5.82 Å². The molecule has 0 aliphatic heterocycles. The lowest BCUT2D eigenvalue weighted by Crippen LogP contribution is -3.05. The van der Waals surface area contributed by atoms with Crippen molar-refractivity contribution in [3.8, 4) is 0 Å². The molecule has 0 atom stereocenters. The van der Waals surface area contributed by atoms with Crippen LogP contribution in [0, 0.1) is 0 Å². The van der Waals surface area contributed by atoms with Gasteiger partial charge in [0.05, 0.1) is 26.4 Å². The molecule has 2 rings (SSSR count). The molecule has 0 saturated heterocycles. The van der Waals surface area contributed by atoms with Gasteiger partial charge in [-0.3, -0.25) is 4.79 Å². The molecule has 1 fully saturated rings. The van der Waals surface area contributed by atoms with Crippen molar-refractivity contribution in [1.82, 2.24) is 20.2 Å². The summed E-state index contributed by atoms with van der Waals surface area (Å²) in [5, 5.41) is 11.9. The summed E-state index contributed by atoms with van der Waals surface area (Å²) in [5.41, 5.74) is 0. The first kappa shape index (κ1) is 18.1. The molecule has 1 aromatic rings. The van der Waals surface area contributed by atoms with E-state index in [-0.39, 0.29) is 5.91 Å². The van der Waals surface area contributed by atoms with Gasteiger partial charge in [-0.1, -0.05) is 31.0 Å². The minimum Gasteiger partial charge on any atom is -0.355 e. The number of nitrogens with one attached hydrogen (secondary N) is 2. The smallest absolute Gasteiger partial charge is 0.230 e. The topological polar surface area (TPSA) is 90.3 Å². The van der Waals surface area contributed by atoms with Crippen molar-refractivity contribution in [2.24, 2.45) is 0 Å². The predicted octanol–water partition coefficient (Wildman–Crippen LogP) is -0.217. The molecule has 1 aliphatic rings. The maximum atomic E-state index is 11.8. The number of thioether (sulfide) groups is 1. The number of hydrogen-bond donors (Lipinski definition) is 3. The van der Waals surface area contributed by atoms with Crippen LogP contribution < -0.4 is 16.1 Å². The highest BCUT2D eigenvalue weighted by molar-refractivity contribution is 7.99. The Morgan fingerprint density at radius 3 is 2.78 bits per heavy atom. The van der Waals surface area contributed by atoms with Crippen LogP contribution in [-0.2, 0) is 4.79 Å². The van der Waals surface area contributed by atoms with Gasteiger partial charge in [-0.25, -0.2) is 4.68 Å². The van der Waals surface area contributed by atoms with Crippen molar-refractivity contribution in [3.63, 3.8) is 0 Å². The van der Waals surface area contributed by atoms with E-state index in [9.17, 15) is 4.79 Å². The number of carbonyl (C=O) groups is 1. The second-order valence-electron chi connectivity index (χ2n) is 6.49. The molecule has 4 N–H and O–H groups in total. The molecule has 0 unspecified atom stereocenters. The number of aromatic nitrogens is 3. The van der Waals surface area contributed by atoms with E-state index in [1.807, 2.05) is 0 Å². The molecule has 0 spiro atoms. The van der Waals surface area contributed by atoms with Gasteiger partial charge in [-0.15, -0.1) is 10.2 Å². The molecule has 8 heteroatoms. The van der Waals surface area contributed by atoms with E-state index in [4.69, 9.17) is 5.84 Å². The first-order valence-corrected chi connectivity index (χ1v) is 9.45. The molecule has 130 valence electrons. The number of rotatable bonds is 8. The first-order chi connectivity index (χ1) is 11.1. The van der Waals surface area contributed by atoms with Gasteiger partial charge in [0.25, 0.3) is 0 Å². The van der Waals surface area contributed by atoms with Crippen LogP contribution in [0.1, 0.15) is 50.3 Å². The lowest BCUT2D eigenvalue weighted by atomic mass is 9.89. The van der Waals surface area contributed by atoms with Gasteiger partial charge in [0.1, 0.15) is 0 Å². The Hall–Kier alpha value is -1.28. The summed E-state index contributed by atoms with van der Waals surface area (Å²) in [4.78, 5) is 13.2. The van der Waals surface area contributed by atoms with Crippen LogP contribution in [0.4, 0.5) is 0 Å². The molecule has 1 aliphatic carbocycles. The van der Waals surface area contributed by atoms with Crippen LogP contribution in [0.25, 0.3) is 0 Å². The summed E-state index contributed by atoms with van der Waals surface area (Å²) in [6.45, 7) is 1.77. The van der Waals surface area contributed by atoms with E-state index in [0.29, 0.717) is 23.4 Å². The van der Waals surface area contributed by atoms with Crippen molar-refractivity contribution in [2.75, 3.05) is 38.8 Å². The first-order valence-electron chi connectivity index (χ1n) is 8.47. The van der Waals surface area contributed by atoms with Crippen molar-refractivity contribution in [1.29, 1.82) is 0 Å². The molecule has 0 aromatic carbocycles. The minimum absolute atomic E-state index is 0.0194. The predicted molar refractivity (Wildman–Crippen MR) is 92.0 cm³/mol. The third-order valence-electron chi connectivity index (χ3n) is 4.17. The molecule has 1 aromatic heterocycles. The number of amides is 1. The highest BCUT2D eigenvalue weighted by Crippen LogP contribution is 2.32.